The molecular formula is C21H27N4S+. The smallest absolute Gasteiger partial charge is 0.139 e. The number of benzene rings is 1. The van der Waals surface area contributed by atoms with Gasteiger partial charge in [0.25, 0.3) is 0 Å². The number of rotatable bonds is 5. The van der Waals surface area contributed by atoms with E-state index in [1.165, 1.54) is 45.6 Å². The van der Waals surface area contributed by atoms with Crippen LogP contribution in [0.3, 0.4) is 0 Å². The molecule has 5 heteroatoms. The van der Waals surface area contributed by atoms with Crippen molar-refractivity contribution in [3.8, 4) is 0 Å². The molecule has 0 aliphatic heterocycles. The summed E-state index contributed by atoms with van der Waals surface area (Å²) in [5.41, 5.74) is 2.85. The van der Waals surface area contributed by atoms with Gasteiger partial charge in [0.15, 0.2) is 0 Å². The fourth-order valence-electron chi connectivity index (χ4n) is 3.93. The summed E-state index contributed by atoms with van der Waals surface area (Å²) in [4.78, 5) is 13.6. The number of likely N-dealkylation sites (N-methyl/N-ethyl adjacent to an activating group) is 1. The fourth-order valence-corrected chi connectivity index (χ4v) is 5.24. The fraction of sp³-hybridized carbons (Fsp3) is 0.429. The van der Waals surface area contributed by atoms with Crippen molar-refractivity contribution in [1.29, 1.82) is 0 Å². The molecule has 4 nitrogen and oxygen atoms in total. The number of hydrogen-bond donors (Lipinski definition) is 2. The third kappa shape index (κ3) is 3.33. The lowest BCUT2D eigenvalue weighted by atomic mass is 9.97. The number of anilines is 1. The molecule has 26 heavy (non-hydrogen) atoms. The van der Waals surface area contributed by atoms with Crippen molar-refractivity contribution in [1.82, 2.24) is 9.97 Å². The van der Waals surface area contributed by atoms with Gasteiger partial charge < -0.3 is 10.2 Å². The normalized spacial score (nSPS) is 15.2. The van der Waals surface area contributed by atoms with E-state index >= 15 is 0 Å². The van der Waals surface area contributed by atoms with Crippen LogP contribution in [-0.4, -0.2) is 30.6 Å². The predicted molar refractivity (Wildman–Crippen MR) is 109 cm³/mol. The van der Waals surface area contributed by atoms with Gasteiger partial charge in [-0.1, -0.05) is 30.3 Å². The largest absolute Gasteiger partial charge is 0.363 e. The molecule has 0 unspecified atom stereocenters. The van der Waals surface area contributed by atoms with Crippen molar-refractivity contribution in [2.75, 3.05) is 26.0 Å². The van der Waals surface area contributed by atoms with Crippen LogP contribution < -0.4 is 10.2 Å². The van der Waals surface area contributed by atoms with Crippen molar-refractivity contribution < 1.29 is 4.90 Å². The number of nitrogens with one attached hydrogen (secondary N) is 2. The lowest BCUT2D eigenvalue weighted by Gasteiger charge is -2.23. The molecule has 2 heterocycles. The lowest BCUT2D eigenvalue weighted by molar-refractivity contribution is -0.890. The van der Waals surface area contributed by atoms with Crippen LogP contribution in [0.4, 0.5) is 5.82 Å². The summed E-state index contributed by atoms with van der Waals surface area (Å²) in [5, 5.41) is 4.95. The van der Waals surface area contributed by atoms with Crippen LogP contribution in [0.15, 0.2) is 30.3 Å². The lowest BCUT2D eigenvalue weighted by Crippen LogP contribution is -3.06. The molecule has 2 aromatic heterocycles. The number of aryl methyl sites for hydroxylation is 3. The Morgan fingerprint density at radius 2 is 1.88 bits per heavy atom. The van der Waals surface area contributed by atoms with Gasteiger partial charge >= 0.3 is 0 Å². The van der Waals surface area contributed by atoms with Crippen LogP contribution in [-0.2, 0) is 12.8 Å². The highest BCUT2D eigenvalue weighted by Crippen LogP contribution is 2.38. The molecule has 0 spiro atoms. The summed E-state index contributed by atoms with van der Waals surface area (Å²) < 4.78 is 0. The summed E-state index contributed by atoms with van der Waals surface area (Å²) in [6.45, 7) is 2.86. The summed E-state index contributed by atoms with van der Waals surface area (Å²) in [6, 6.07) is 11.1. The van der Waals surface area contributed by atoms with Gasteiger partial charge in [-0.05, 0) is 38.2 Å². The Morgan fingerprint density at radius 1 is 1.12 bits per heavy atom. The Labute approximate surface area is 159 Å². The average Bonchev–Trinajstić information content (AvgIpc) is 3.00. The summed E-state index contributed by atoms with van der Waals surface area (Å²) in [7, 11) is 4.43. The number of quaternary nitrogens is 1. The first kappa shape index (κ1) is 17.4. The summed E-state index contributed by atoms with van der Waals surface area (Å²) in [5.74, 6) is 1.88. The second-order valence-corrected chi connectivity index (χ2v) is 8.52. The first-order valence-corrected chi connectivity index (χ1v) is 10.3. The monoisotopic (exact) mass is 367 g/mol. The molecule has 4 rings (SSSR count). The molecule has 1 aliphatic carbocycles. The Balaban J connectivity index is 1.67. The van der Waals surface area contributed by atoms with Gasteiger partial charge in [0.05, 0.1) is 26.0 Å². The van der Waals surface area contributed by atoms with Crippen molar-refractivity contribution in [3.63, 3.8) is 0 Å². The van der Waals surface area contributed by atoms with E-state index in [0.29, 0.717) is 6.04 Å². The molecular weight excluding hydrogens is 340 g/mol. The summed E-state index contributed by atoms with van der Waals surface area (Å²) >= 11 is 1.87. The molecule has 0 saturated carbocycles. The van der Waals surface area contributed by atoms with Crippen LogP contribution >= 0.6 is 11.3 Å². The maximum absolute atomic E-state index is 4.78. The van der Waals surface area contributed by atoms with E-state index in [9.17, 15) is 0 Å². The van der Waals surface area contributed by atoms with E-state index in [4.69, 9.17) is 9.97 Å². The summed E-state index contributed by atoms with van der Waals surface area (Å²) in [6.07, 6.45) is 4.94. The minimum Gasteiger partial charge on any atom is -0.363 e. The molecule has 0 radical (unpaired) electrons. The van der Waals surface area contributed by atoms with E-state index in [2.05, 4.69) is 49.7 Å². The molecule has 0 bridgehead atoms. The zero-order valence-corrected chi connectivity index (χ0v) is 16.6. The molecule has 136 valence electrons. The van der Waals surface area contributed by atoms with Crippen LogP contribution in [0.5, 0.6) is 0 Å². The molecule has 0 saturated heterocycles. The predicted octanol–water partition coefficient (Wildman–Crippen LogP) is 3.18. The van der Waals surface area contributed by atoms with Gasteiger partial charge in [-0.3, -0.25) is 0 Å². The Morgan fingerprint density at radius 3 is 2.65 bits per heavy atom. The van der Waals surface area contributed by atoms with E-state index in [-0.39, 0.29) is 0 Å². The zero-order chi connectivity index (χ0) is 18.1. The van der Waals surface area contributed by atoms with E-state index in [0.717, 1.165) is 29.4 Å². The highest BCUT2D eigenvalue weighted by molar-refractivity contribution is 7.19. The third-order valence-electron chi connectivity index (χ3n) is 5.30. The second kappa shape index (κ2) is 7.33. The van der Waals surface area contributed by atoms with E-state index < -0.39 is 0 Å². The Hall–Kier alpha value is -1.98. The average molecular weight is 368 g/mol. The van der Waals surface area contributed by atoms with Gasteiger partial charge in [0, 0.05) is 10.4 Å². The zero-order valence-electron chi connectivity index (χ0n) is 15.8. The minimum atomic E-state index is 0.385. The van der Waals surface area contributed by atoms with Gasteiger partial charge in [-0.2, -0.15) is 0 Å². The molecule has 2 N–H and O–H groups in total. The molecule has 1 atom stereocenters. The first-order valence-electron chi connectivity index (χ1n) is 9.51. The molecule has 1 aromatic carbocycles. The van der Waals surface area contributed by atoms with Crippen LogP contribution in [0.2, 0.25) is 0 Å². The van der Waals surface area contributed by atoms with Crippen LogP contribution in [0.25, 0.3) is 10.2 Å². The topological polar surface area (TPSA) is 42.2 Å². The van der Waals surface area contributed by atoms with E-state index in [1.807, 2.05) is 18.3 Å². The highest BCUT2D eigenvalue weighted by Gasteiger charge is 2.22. The van der Waals surface area contributed by atoms with Gasteiger partial charge in [0.1, 0.15) is 22.5 Å². The standard InChI is InChI=1S/C21H26N4S/c1-14-23-20(19-16-11-7-8-12-18(16)26-21(19)24-14)22-13-17(25(2)3)15-9-5-4-6-10-15/h4-6,9-10,17H,7-8,11-13H2,1-3H3,(H,22,23,24)/p+1/t17-/m1/s1. The second-order valence-electron chi connectivity index (χ2n) is 7.43. The van der Waals surface area contributed by atoms with E-state index in [1.54, 1.807) is 0 Å². The Kier molecular flexibility index (Phi) is 4.92. The van der Waals surface area contributed by atoms with Crippen LogP contribution in [0.1, 0.15) is 40.7 Å². The third-order valence-corrected chi connectivity index (χ3v) is 6.48. The first-order chi connectivity index (χ1) is 12.6. The highest BCUT2D eigenvalue weighted by atomic mass is 32.1. The number of hydrogen-bond acceptors (Lipinski definition) is 4. The van der Waals surface area contributed by atoms with Gasteiger partial charge in [-0.15, -0.1) is 11.3 Å². The molecule has 3 aromatic rings. The Bertz CT molecular complexity index is 901. The number of thiophene rings is 1. The van der Waals surface area contributed by atoms with Gasteiger partial charge in [-0.25, -0.2) is 9.97 Å². The van der Waals surface area contributed by atoms with Crippen molar-refractivity contribution in [3.05, 3.63) is 52.2 Å². The molecule has 0 fully saturated rings. The minimum absolute atomic E-state index is 0.385. The quantitative estimate of drug-likeness (QED) is 0.728. The SMILES string of the molecule is Cc1nc(NC[C@H](c2ccccc2)[NH+](C)C)c2c3c(sc2n1)CCCC3. The van der Waals surface area contributed by atoms with Crippen LogP contribution in [0, 0.1) is 6.92 Å². The molecule has 0 amide bonds. The van der Waals surface area contributed by atoms with Gasteiger partial charge in [0.2, 0.25) is 0 Å². The number of aromatic nitrogens is 2. The van der Waals surface area contributed by atoms with Crippen molar-refractivity contribution in [2.24, 2.45) is 0 Å². The van der Waals surface area contributed by atoms with Crippen molar-refractivity contribution in [2.45, 2.75) is 38.6 Å². The maximum atomic E-state index is 4.78. The number of fused-ring (bicyclic) bond motifs is 3. The maximum Gasteiger partial charge on any atom is 0.139 e. The molecule has 1 aliphatic rings. The number of nitrogens with zero attached hydrogens (tertiary/aromatic N) is 2. The van der Waals surface area contributed by atoms with Crippen molar-refractivity contribution >= 4 is 27.4 Å².